The van der Waals surface area contributed by atoms with Crippen molar-refractivity contribution in [3.8, 4) is 0 Å². The Morgan fingerprint density at radius 1 is 1.29 bits per heavy atom. The van der Waals surface area contributed by atoms with E-state index in [2.05, 4.69) is 11.8 Å². The second-order valence-corrected chi connectivity index (χ2v) is 6.08. The van der Waals surface area contributed by atoms with E-state index in [9.17, 15) is 4.79 Å². The van der Waals surface area contributed by atoms with Gasteiger partial charge in [0.15, 0.2) is 0 Å². The topological polar surface area (TPSA) is 72.3 Å². The van der Waals surface area contributed by atoms with Crippen LogP contribution in [0.15, 0.2) is 30.3 Å². The van der Waals surface area contributed by atoms with Crippen molar-refractivity contribution in [1.82, 2.24) is 4.90 Å². The van der Waals surface area contributed by atoms with Gasteiger partial charge in [0.1, 0.15) is 5.54 Å². The lowest BCUT2D eigenvalue weighted by Crippen LogP contribution is -2.57. The zero-order valence-electron chi connectivity index (χ0n) is 12.9. The summed E-state index contributed by atoms with van der Waals surface area (Å²) in [6, 6.07) is 10.0. The van der Waals surface area contributed by atoms with Crippen molar-refractivity contribution < 1.29 is 4.79 Å². The molecule has 0 aliphatic carbocycles. The van der Waals surface area contributed by atoms with Crippen molar-refractivity contribution in [1.29, 1.82) is 0 Å². The molecule has 2 unspecified atom stereocenters. The number of rotatable bonds is 5. The molecule has 0 aromatic heterocycles. The van der Waals surface area contributed by atoms with E-state index in [1.165, 1.54) is 25.7 Å². The summed E-state index contributed by atoms with van der Waals surface area (Å²) in [4.78, 5) is 14.4. The average molecular weight is 289 g/mol. The highest BCUT2D eigenvalue weighted by Crippen LogP contribution is 2.25. The van der Waals surface area contributed by atoms with Crippen LogP contribution in [0, 0.1) is 0 Å². The highest BCUT2D eigenvalue weighted by molar-refractivity contribution is 5.86. The first kappa shape index (κ1) is 16.0. The largest absolute Gasteiger partial charge is 0.368 e. The molecule has 4 N–H and O–H groups in total. The van der Waals surface area contributed by atoms with Crippen molar-refractivity contribution in [3.05, 3.63) is 35.9 Å². The molecule has 2 rings (SSSR count). The monoisotopic (exact) mass is 289 g/mol. The maximum absolute atomic E-state index is 12.0. The third-order valence-electron chi connectivity index (χ3n) is 4.65. The van der Waals surface area contributed by atoms with Gasteiger partial charge in [0.05, 0.1) is 0 Å². The lowest BCUT2D eigenvalue weighted by molar-refractivity contribution is -0.124. The third-order valence-corrected chi connectivity index (χ3v) is 4.65. The Morgan fingerprint density at radius 2 is 2.00 bits per heavy atom. The lowest BCUT2D eigenvalue weighted by Gasteiger charge is -2.37. The smallest absolute Gasteiger partial charge is 0.243 e. The number of benzene rings is 1. The summed E-state index contributed by atoms with van der Waals surface area (Å²) < 4.78 is 0. The maximum atomic E-state index is 12.0. The quantitative estimate of drug-likeness (QED) is 0.870. The minimum absolute atomic E-state index is 0.451. The fourth-order valence-corrected chi connectivity index (χ4v) is 3.27. The average Bonchev–Trinajstić information content (AvgIpc) is 2.72. The molecule has 1 aliphatic heterocycles. The number of hydrogen-bond donors (Lipinski definition) is 2. The van der Waals surface area contributed by atoms with E-state index in [-0.39, 0.29) is 0 Å². The molecule has 1 fully saturated rings. The summed E-state index contributed by atoms with van der Waals surface area (Å²) in [6.07, 6.45) is 5.95. The number of hydrogen-bond acceptors (Lipinski definition) is 3. The normalized spacial score (nSPS) is 23.2. The molecular weight excluding hydrogens is 262 g/mol. The highest BCUT2D eigenvalue weighted by atomic mass is 16.1. The Bertz CT molecular complexity index is 462. The van der Waals surface area contributed by atoms with Crippen LogP contribution >= 0.6 is 0 Å². The van der Waals surface area contributed by atoms with Gasteiger partial charge in [-0.15, -0.1) is 0 Å². The van der Waals surface area contributed by atoms with Gasteiger partial charge in [-0.25, -0.2) is 0 Å². The van der Waals surface area contributed by atoms with Crippen LogP contribution < -0.4 is 11.5 Å². The Hall–Kier alpha value is -1.39. The molecule has 1 amide bonds. The van der Waals surface area contributed by atoms with Crippen molar-refractivity contribution in [2.24, 2.45) is 11.5 Å². The SMILES string of the molecule is CCC1CCCCCN1CC(N)(C(N)=O)c1ccccc1. The Labute approximate surface area is 127 Å². The number of likely N-dealkylation sites (tertiary alicyclic amines) is 1. The van der Waals surface area contributed by atoms with E-state index in [0.29, 0.717) is 12.6 Å². The van der Waals surface area contributed by atoms with Crippen LogP contribution in [0.2, 0.25) is 0 Å². The molecule has 0 saturated carbocycles. The van der Waals surface area contributed by atoms with Crippen LogP contribution in [-0.4, -0.2) is 29.9 Å². The molecule has 21 heavy (non-hydrogen) atoms. The number of carbonyl (C=O) groups excluding carboxylic acids is 1. The minimum Gasteiger partial charge on any atom is -0.368 e. The fourth-order valence-electron chi connectivity index (χ4n) is 3.27. The fraction of sp³-hybridized carbons (Fsp3) is 0.588. The summed E-state index contributed by atoms with van der Waals surface area (Å²) in [5.74, 6) is -0.451. The van der Waals surface area contributed by atoms with Crippen molar-refractivity contribution in [2.45, 2.75) is 50.6 Å². The van der Waals surface area contributed by atoms with Gasteiger partial charge in [-0.2, -0.15) is 0 Å². The van der Waals surface area contributed by atoms with Gasteiger partial charge < -0.3 is 11.5 Å². The second kappa shape index (κ2) is 7.05. The number of primary amides is 1. The first-order chi connectivity index (χ1) is 10.1. The Balaban J connectivity index is 2.24. The highest BCUT2D eigenvalue weighted by Gasteiger charge is 2.37. The molecule has 0 bridgehead atoms. The first-order valence-corrected chi connectivity index (χ1v) is 7.96. The molecule has 1 heterocycles. The van der Waals surface area contributed by atoms with Crippen molar-refractivity contribution in [3.63, 3.8) is 0 Å². The van der Waals surface area contributed by atoms with Gasteiger partial charge in [0, 0.05) is 12.6 Å². The zero-order chi connectivity index (χ0) is 15.3. The van der Waals surface area contributed by atoms with Gasteiger partial charge in [0.25, 0.3) is 0 Å². The number of amides is 1. The summed E-state index contributed by atoms with van der Waals surface area (Å²) in [6.45, 7) is 3.70. The molecule has 1 aromatic rings. The molecule has 4 nitrogen and oxygen atoms in total. The standard InChI is InChI=1S/C17H27N3O/c1-2-15-11-7-4-8-12-20(15)13-17(19,16(18)21)14-9-5-3-6-10-14/h3,5-6,9-10,15H,2,4,7-8,11-13,19H2,1H3,(H2,18,21). The second-order valence-electron chi connectivity index (χ2n) is 6.08. The van der Waals surface area contributed by atoms with Crippen LogP contribution in [0.25, 0.3) is 0 Å². The van der Waals surface area contributed by atoms with Gasteiger partial charge in [-0.1, -0.05) is 50.1 Å². The maximum Gasteiger partial charge on any atom is 0.243 e. The van der Waals surface area contributed by atoms with Gasteiger partial charge in [0.2, 0.25) is 5.91 Å². The van der Waals surface area contributed by atoms with Crippen molar-refractivity contribution >= 4 is 5.91 Å². The molecule has 2 atom stereocenters. The first-order valence-electron chi connectivity index (χ1n) is 7.96. The number of nitrogens with two attached hydrogens (primary N) is 2. The predicted molar refractivity (Wildman–Crippen MR) is 85.6 cm³/mol. The minimum atomic E-state index is -1.11. The molecule has 0 radical (unpaired) electrons. The molecule has 0 spiro atoms. The van der Waals surface area contributed by atoms with Crippen LogP contribution in [-0.2, 0) is 10.3 Å². The molecular formula is C17H27N3O. The van der Waals surface area contributed by atoms with E-state index in [1.807, 2.05) is 30.3 Å². The molecule has 1 aliphatic rings. The van der Waals surface area contributed by atoms with Crippen LogP contribution in [0.4, 0.5) is 0 Å². The summed E-state index contributed by atoms with van der Waals surface area (Å²) in [7, 11) is 0. The van der Waals surface area contributed by atoms with E-state index < -0.39 is 11.4 Å². The summed E-state index contributed by atoms with van der Waals surface area (Å²) in [5.41, 5.74) is 11.8. The van der Waals surface area contributed by atoms with Crippen molar-refractivity contribution in [2.75, 3.05) is 13.1 Å². The van der Waals surface area contributed by atoms with E-state index >= 15 is 0 Å². The van der Waals surface area contributed by atoms with E-state index in [1.54, 1.807) is 0 Å². The van der Waals surface area contributed by atoms with Gasteiger partial charge in [-0.05, 0) is 31.4 Å². The zero-order valence-corrected chi connectivity index (χ0v) is 12.9. The van der Waals surface area contributed by atoms with Gasteiger partial charge >= 0.3 is 0 Å². The lowest BCUT2D eigenvalue weighted by atomic mass is 9.88. The number of nitrogens with zero attached hydrogens (tertiary/aromatic N) is 1. The number of carbonyl (C=O) groups is 1. The third kappa shape index (κ3) is 3.63. The van der Waals surface area contributed by atoms with E-state index in [0.717, 1.165) is 18.5 Å². The van der Waals surface area contributed by atoms with Crippen LogP contribution in [0.5, 0.6) is 0 Å². The summed E-state index contributed by atoms with van der Waals surface area (Å²) >= 11 is 0. The predicted octanol–water partition coefficient (Wildman–Crippen LogP) is 1.98. The molecule has 116 valence electrons. The Morgan fingerprint density at radius 3 is 2.62 bits per heavy atom. The molecule has 1 saturated heterocycles. The van der Waals surface area contributed by atoms with E-state index in [4.69, 9.17) is 11.5 Å². The molecule has 4 heteroatoms. The van der Waals surface area contributed by atoms with Gasteiger partial charge in [-0.3, -0.25) is 9.69 Å². The van der Waals surface area contributed by atoms with Crippen LogP contribution in [0.1, 0.15) is 44.6 Å². The molecule has 1 aromatic carbocycles. The van der Waals surface area contributed by atoms with Crippen LogP contribution in [0.3, 0.4) is 0 Å². The summed E-state index contributed by atoms with van der Waals surface area (Å²) in [5, 5.41) is 0. The Kier molecular flexibility index (Phi) is 5.37.